The SMILES string of the molecule is O=C1CCC(N2Cc3ccc(OCCN4CCC(n5cc(-c6ccc7c(c6)CC/C7=N\O)c(-c6ccncc6)n5)CC4)cc3C2)C(=O)N1. The smallest absolute Gasteiger partial charge is 0.243 e. The zero-order valence-corrected chi connectivity index (χ0v) is 26.8. The summed E-state index contributed by atoms with van der Waals surface area (Å²) in [6.45, 7) is 4.82. The third-order valence-electron chi connectivity index (χ3n) is 10.3. The van der Waals surface area contributed by atoms with Crippen LogP contribution in [0.15, 0.2) is 72.3 Å². The van der Waals surface area contributed by atoms with Gasteiger partial charge in [0.15, 0.2) is 0 Å². The lowest BCUT2D eigenvalue weighted by atomic mass is 9.98. The first-order valence-corrected chi connectivity index (χ1v) is 16.9. The summed E-state index contributed by atoms with van der Waals surface area (Å²) in [6, 6.07) is 16.7. The standard InChI is InChI=1S/C37H39N7O4/c45-35-8-7-34(37(46)39-35)43-21-27-1-4-30(20-28(27)22-43)48-18-17-42-15-11-29(12-16-42)44-23-32(36(40-44)24-9-13-38-14-10-24)26-2-5-31-25(19-26)3-6-33(31)41-47/h1-2,4-5,9-10,13-14,19-20,23,29,34,47H,3,6-8,11-12,15-18,21-22H2,(H,39,45,46)/b41-33+. The molecule has 1 aliphatic carbocycles. The van der Waals surface area contributed by atoms with Crippen LogP contribution in [-0.2, 0) is 29.1 Å². The summed E-state index contributed by atoms with van der Waals surface area (Å²) in [6.07, 6.45) is 10.4. The number of ether oxygens (including phenoxy) is 1. The average Bonchev–Trinajstić information content (AvgIpc) is 3.85. The van der Waals surface area contributed by atoms with E-state index in [2.05, 4.69) is 66.5 Å². The van der Waals surface area contributed by atoms with E-state index < -0.39 is 0 Å². The molecule has 2 aromatic heterocycles. The molecule has 0 bridgehead atoms. The molecule has 2 saturated heterocycles. The van der Waals surface area contributed by atoms with E-state index in [-0.39, 0.29) is 17.9 Å². The highest BCUT2D eigenvalue weighted by atomic mass is 16.5. The Labute approximate surface area is 279 Å². The van der Waals surface area contributed by atoms with Gasteiger partial charge in [-0.25, -0.2) is 0 Å². The van der Waals surface area contributed by atoms with Gasteiger partial charge in [0.2, 0.25) is 11.8 Å². The second-order valence-electron chi connectivity index (χ2n) is 13.2. The molecular weight excluding hydrogens is 606 g/mol. The van der Waals surface area contributed by atoms with Gasteiger partial charge in [-0.15, -0.1) is 0 Å². The number of fused-ring (bicyclic) bond motifs is 2. The zero-order chi connectivity index (χ0) is 32.6. The van der Waals surface area contributed by atoms with Gasteiger partial charge in [0.1, 0.15) is 18.1 Å². The molecule has 4 aliphatic rings. The number of oxime groups is 1. The lowest BCUT2D eigenvalue weighted by Crippen LogP contribution is -2.50. The summed E-state index contributed by atoms with van der Waals surface area (Å²) in [7, 11) is 0. The fourth-order valence-corrected chi connectivity index (χ4v) is 7.69. The predicted octanol–water partition coefficient (Wildman–Crippen LogP) is 4.57. The number of piperidine rings is 2. The molecule has 2 N–H and O–H groups in total. The minimum Gasteiger partial charge on any atom is -0.492 e. The van der Waals surface area contributed by atoms with Crippen LogP contribution in [0.2, 0.25) is 0 Å². The van der Waals surface area contributed by atoms with Gasteiger partial charge in [0.25, 0.3) is 0 Å². The molecule has 0 spiro atoms. The molecule has 8 rings (SSSR count). The number of hydrogen-bond donors (Lipinski definition) is 2. The Hall–Kier alpha value is -4.87. The maximum Gasteiger partial charge on any atom is 0.243 e. The van der Waals surface area contributed by atoms with Crippen LogP contribution in [0.4, 0.5) is 0 Å². The number of imide groups is 1. The van der Waals surface area contributed by atoms with Crippen LogP contribution in [0.25, 0.3) is 22.4 Å². The van der Waals surface area contributed by atoms with E-state index in [0.29, 0.717) is 38.6 Å². The van der Waals surface area contributed by atoms with Crippen molar-refractivity contribution in [3.8, 4) is 28.1 Å². The number of carbonyl (C=O) groups is 2. The Bertz CT molecular complexity index is 1880. The van der Waals surface area contributed by atoms with Crippen molar-refractivity contribution in [2.75, 3.05) is 26.2 Å². The first-order valence-electron chi connectivity index (χ1n) is 16.9. The van der Waals surface area contributed by atoms with Crippen molar-refractivity contribution in [1.82, 2.24) is 29.9 Å². The van der Waals surface area contributed by atoms with E-state index in [1.807, 2.05) is 30.6 Å². The monoisotopic (exact) mass is 645 g/mol. The van der Waals surface area contributed by atoms with E-state index in [1.165, 1.54) is 16.7 Å². The molecule has 2 amide bonds. The molecule has 2 fully saturated rings. The lowest BCUT2D eigenvalue weighted by Gasteiger charge is -2.31. The average molecular weight is 646 g/mol. The van der Waals surface area contributed by atoms with Crippen molar-refractivity contribution < 1.29 is 19.5 Å². The molecule has 246 valence electrons. The second kappa shape index (κ2) is 13.0. The number of rotatable bonds is 8. The highest BCUT2D eigenvalue weighted by Crippen LogP contribution is 2.36. The van der Waals surface area contributed by atoms with Crippen LogP contribution < -0.4 is 10.1 Å². The maximum absolute atomic E-state index is 12.4. The molecule has 48 heavy (non-hydrogen) atoms. The van der Waals surface area contributed by atoms with Gasteiger partial charge < -0.3 is 9.94 Å². The van der Waals surface area contributed by atoms with Gasteiger partial charge in [0.05, 0.1) is 17.8 Å². The normalized spacial score (nSPS) is 21.0. The maximum atomic E-state index is 12.4. The fourth-order valence-electron chi connectivity index (χ4n) is 7.69. The molecule has 0 saturated carbocycles. The number of likely N-dealkylation sites (tertiary alicyclic amines) is 1. The Morgan fingerprint density at radius 1 is 0.875 bits per heavy atom. The van der Waals surface area contributed by atoms with Gasteiger partial charge in [-0.2, -0.15) is 5.10 Å². The van der Waals surface area contributed by atoms with Crippen LogP contribution in [0.1, 0.15) is 60.4 Å². The number of nitrogens with zero attached hydrogens (tertiary/aromatic N) is 6. The summed E-state index contributed by atoms with van der Waals surface area (Å²) in [5, 5.41) is 20.5. The van der Waals surface area contributed by atoms with Crippen LogP contribution >= 0.6 is 0 Å². The van der Waals surface area contributed by atoms with Crippen LogP contribution in [0.5, 0.6) is 5.75 Å². The van der Waals surface area contributed by atoms with Gasteiger partial charge in [-0.3, -0.25) is 34.4 Å². The second-order valence-corrected chi connectivity index (χ2v) is 13.2. The van der Waals surface area contributed by atoms with Crippen molar-refractivity contribution in [2.24, 2.45) is 5.16 Å². The summed E-state index contributed by atoms with van der Waals surface area (Å²) >= 11 is 0. The molecule has 5 heterocycles. The molecule has 0 radical (unpaired) electrons. The third-order valence-corrected chi connectivity index (χ3v) is 10.3. The van der Waals surface area contributed by atoms with Crippen molar-refractivity contribution in [2.45, 2.75) is 63.7 Å². The minimum absolute atomic E-state index is 0.181. The summed E-state index contributed by atoms with van der Waals surface area (Å²) in [5.41, 5.74) is 9.61. The highest BCUT2D eigenvalue weighted by molar-refractivity contribution is 6.04. The first-order chi connectivity index (χ1) is 23.5. The van der Waals surface area contributed by atoms with Gasteiger partial charge >= 0.3 is 0 Å². The van der Waals surface area contributed by atoms with Crippen molar-refractivity contribution in [3.05, 3.63) is 89.4 Å². The van der Waals surface area contributed by atoms with Gasteiger partial charge in [0, 0.05) is 74.4 Å². The molecule has 4 aromatic rings. The van der Waals surface area contributed by atoms with E-state index >= 15 is 0 Å². The highest BCUT2D eigenvalue weighted by Gasteiger charge is 2.35. The quantitative estimate of drug-likeness (QED) is 0.162. The van der Waals surface area contributed by atoms with Gasteiger partial charge in [-0.1, -0.05) is 29.4 Å². The minimum atomic E-state index is -0.256. The Kier molecular flexibility index (Phi) is 8.23. The molecule has 2 aromatic carbocycles. The fraction of sp³-hybridized carbons (Fsp3) is 0.378. The van der Waals surface area contributed by atoms with E-state index in [9.17, 15) is 14.8 Å². The number of carbonyl (C=O) groups excluding carboxylic acids is 2. The number of nitrogens with one attached hydrogen (secondary N) is 1. The van der Waals surface area contributed by atoms with Crippen LogP contribution in [0, 0.1) is 0 Å². The molecule has 11 nitrogen and oxygen atoms in total. The number of benzene rings is 2. The molecule has 1 atom stereocenters. The number of aromatic nitrogens is 3. The van der Waals surface area contributed by atoms with Crippen molar-refractivity contribution >= 4 is 17.5 Å². The predicted molar refractivity (Wildman–Crippen MR) is 180 cm³/mol. The molecular formula is C37H39N7O4. The Balaban J connectivity index is 0.883. The van der Waals surface area contributed by atoms with Crippen molar-refractivity contribution in [3.63, 3.8) is 0 Å². The molecule has 3 aliphatic heterocycles. The number of hydrogen-bond acceptors (Lipinski definition) is 9. The largest absolute Gasteiger partial charge is 0.492 e. The molecule has 11 heteroatoms. The van der Waals surface area contributed by atoms with E-state index in [0.717, 1.165) is 84.7 Å². The summed E-state index contributed by atoms with van der Waals surface area (Å²) in [4.78, 5) is 32.8. The van der Waals surface area contributed by atoms with Crippen LogP contribution in [0.3, 0.4) is 0 Å². The number of amides is 2. The lowest BCUT2D eigenvalue weighted by molar-refractivity contribution is -0.137. The van der Waals surface area contributed by atoms with Gasteiger partial charge in [-0.05, 0) is 78.6 Å². The number of pyridine rings is 1. The first kappa shape index (κ1) is 30.5. The Morgan fingerprint density at radius 2 is 1.71 bits per heavy atom. The summed E-state index contributed by atoms with van der Waals surface area (Å²) < 4.78 is 8.36. The van der Waals surface area contributed by atoms with Crippen LogP contribution in [-0.4, -0.2) is 79.6 Å². The summed E-state index contributed by atoms with van der Waals surface area (Å²) in [5.74, 6) is 0.488. The Morgan fingerprint density at radius 3 is 2.52 bits per heavy atom. The zero-order valence-electron chi connectivity index (χ0n) is 26.8. The topological polar surface area (TPSA) is 125 Å². The van der Waals surface area contributed by atoms with E-state index in [4.69, 9.17) is 9.84 Å². The van der Waals surface area contributed by atoms with E-state index in [1.54, 1.807) is 0 Å². The third kappa shape index (κ3) is 5.99. The van der Waals surface area contributed by atoms with Crippen molar-refractivity contribution in [1.29, 1.82) is 0 Å². The molecule has 1 unspecified atom stereocenters. The number of aryl methyl sites for hydroxylation is 1.